The summed E-state index contributed by atoms with van der Waals surface area (Å²) in [6.07, 6.45) is 4.84. The van der Waals surface area contributed by atoms with Crippen LogP contribution in [0.15, 0.2) is 41.9 Å². The van der Waals surface area contributed by atoms with Crippen molar-refractivity contribution in [3.05, 3.63) is 57.6 Å². The van der Waals surface area contributed by atoms with Crippen molar-refractivity contribution in [2.24, 2.45) is 0 Å². The zero-order valence-electron chi connectivity index (χ0n) is 13.2. The van der Waals surface area contributed by atoms with Crippen LogP contribution in [0, 0.1) is 10.1 Å². The number of nitro groups is 1. The first-order valence-corrected chi connectivity index (χ1v) is 9.02. The molecule has 24 heavy (non-hydrogen) atoms. The Morgan fingerprint density at radius 2 is 2.04 bits per heavy atom. The number of aromatic nitrogens is 2. The molecular weight excluding hydrogens is 324 g/mol. The molecule has 0 radical (unpaired) electrons. The van der Waals surface area contributed by atoms with E-state index in [2.05, 4.69) is 34.1 Å². The molecule has 1 aliphatic rings. The van der Waals surface area contributed by atoms with E-state index in [4.69, 9.17) is 0 Å². The average molecular weight is 342 g/mol. The summed E-state index contributed by atoms with van der Waals surface area (Å²) in [4.78, 5) is 18.5. The summed E-state index contributed by atoms with van der Waals surface area (Å²) in [5.41, 5.74) is 1.36. The molecule has 0 amide bonds. The Hall–Kier alpha value is -2.41. The first-order valence-electron chi connectivity index (χ1n) is 8.14. The van der Waals surface area contributed by atoms with Crippen LogP contribution in [0.1, 0.15) is 30.7 Å². The summed E-state index contributed by atoms with van der Waals surface area (Å²) in [7, 11) is 0. The summed E-state index contributed by atoms with van der Waals surface area (Å²) in [5.74, 6) is 1.11. The van der Waals surface area contributed by atoms with Crippen LogP contribution in [-0.4, -0.2) is 27.4 Å². The lowest BCUT2D eigenvalue weighted by atomic mass is 9.92. The van der Waals surface area contributed by atoms with Crippen LogP contribution in [0.3, 0.4) is 0 Å². The van der Waals surface area contributed by atoms with Gasteiger partial charge in [-0.1, -0.05) is 41.7 Å². The number of fused-ring (bicyclic) bond motifs is 1. The van der Waals surface area contributed by atoms with Gasteiger partial charge in [-0.15, -0.1) is 0 Å². The zero-order chi connectivity index (χ0) is 16.5. The van der Waals surface area contributed by atoms with Crippen molar-refractivity contribution in [3.8, 4) is 0 Å². The Kier molecular flexibility index (Phi) is 3.93. The number of anilines is 1. The van der Waals surface area contributed by atoms with Crippen LogP contribution >= 0.6 is 11.3 Å². The quantitative estimate of drug-likeness (QED) is 0.531. The molecule has 0 spiro atoms. The molecular formula is C17H18N4O2S. The van der Waals surface area contributed by atoms with Crippen LogP contribution in [0.2, 0.25) is 0 Å². The number of thiazole rings is 1. The predicted octanol–water partition coefficient (Wildman–Crippen LogP) is 4.08. The first kappa shape index (κ1) is 15.1. The smallest absolute Gasteiger partial charge is 0.358 e. The van der Waals surface area contributed by atoms with Crippen molar-refractivity contribution >= 4 is 27.9 Å². The maximum atomic E-state index is 11.5. The number of benzene rings is 1. The molecule has 124 valence electrons. The standard InChI is InChI=1S/C17H18N4O2S/c22-21(23)16-15(18-17-20(16)11-12-24-17)19-9-4-7-14(8-10-19)13-5-2-1-3-6-13/h1-3,5-6,11-12,14H,4,7-10H2/t14-/m1/s1. The van der Waals surface area contributed by atoms with E-state index in [0.717, 1.165) is 32.4 Å². The predicted molar refractivity (Wildman–Crippen MR) is 95.0 cm³/mol. The molecule has 0 bridgehead atoms. The van der Waals surface area contributed by atoms with Crippen molar-refractivity contribution < 1.29 is 4.92 Å². The minimum Gasteiger partial charge on any atom is -0.358 e. The maximum Gasteiger partial charge on any atom is 0.373 e. The molecule has 3 aromatic rings. The molecule has 0 unspecified atom stereocenters. The Bertz CT molecular complexity index is 858. The SMILES string of the molecule is O=[N+]([O-])c1c(N2CCC[C@@H](c3ccccc3)CC2)nc2sccn12. The van der Waals surface area contributed by atoms with Crippen LogP contribution < -0.4 is 4.90 Å². The van der Waals surface area contributed by atoms with Crippen molar-refractivity contribution in [2.45, 2.75) is 25.2 Å². The topological polar surface area (TPSA) is 63.7 Å². The summed E-state index contributed by atoms with van der Waals surface area (Å²) in [6, 6.07) is 10.5. The van der Waals surface area contributed by atoms with E-state index in [0.29, 0.717) is 16.7 Å². The molecule has 0 N–H and O–H groups in total. The zero-order valence-corrected chi connectivity index (χ0v) is 14.0. The lowest BCUT2D eigenvalue weighted by Gasteiger charge is -2.19. The lowest BCUT2D eigenvalue weighted by Crippen LogP contribution is -2.25. The Morgan fingerprint density at radius 3 is 2.83 bits per heavy atom. The molecule has 1 fully saturated rings. The van der Waals surface area contributed by atoms with E-state index >= 15 is 0 Å². The van der Waals surface area contributed by atoms with Crippen molar-refractivity contribution in [3.63, 3.8) is 0 Å². The number of hydrogen-bond acceptors (Lipinski definition) is 5. The Balaban J connectivity index is 1.61. The van der Waals surface area contributed by atoms with Crippen molar-refractivity contribution in [1.29, 1.82) is 0 Å². The third kappa shape index (κ3) is 2.65. The molecule has 2 aromatic heterocycles. The molecule has 1 aliphatic heterocycles. The lowest BCUT2D eigenvalue weighted by molar-refractivity contribution is -0.389. The van der Waals surface area contributed by atoms with Crippen LogP contribution in [0.4, 0.5) is 11.6 Å². The van der Waals surface area contributed by atoms with Crippen LogP contribution in [-0.2, 0) is 0 Å². The monoisotopic (exact) mass is 342 g/mol. The van der Waals surface area contributed by atoms with Gasteiger partial charge in [-0.25, -0.2) is 0 Å². The first-order chi connectivity index (χ1) is 11.7. The number of rotatable bonds is 3. The van der Waals surface area contributed by atoms with E-state index in [-0.39, 0.29) is 10.7 Å². The summed E-state index contributed by atoms with van der Waals surface area (Å²) >= 11 is 1.43. The Labute approximate surface area is 143 Å². The van der Waals surface area contributed by atoms with Gasteiger partial charge in [0.25, 0.3) is 4.96 Å². The van der Waals surface area contributed by atoms with Gasteiger partial charge in [-0.05, 0) is 35.7 Å². The average Bonchev–Trinajstić information content (AvgIpc) is 3.08. The summed E-state index contributed by atoms with van der Waals surface area (Å²) in [5, 5.41) is 13.4. The Morgan fingerprint density at radius 1 is 1.21 bits per heavy atom. The normalized spacial score (nSPS) is 18.7. The van der Waals surface area contributed by atoms with Gasteiger partial charge in [-0.3, -0.25) is 0 Å². The molecule has 3 heterocycles. The van der Waals surface area contributed by atoms with E-state index in [1.54, 1.807) is 10.6 Å². The van der Waals surface area contributed by atoms with E-state index in [9.17, 15) is 10.1 Å². The van der Waals surface area contributed by atoms with Gasteiger partial charge < -0.3 is 15.0 Å². The minimum absolute atomic E-state index is 0.0874. The highest BCUT2D eigenvalue weighted by molar-refractivity contribution is 7.15. The summed E-state index contributed by atoms with van der Waals surface area (Å²) in [6.45, 7) is 1.61. The van der Waals surface area contributed by atoms with Gasteiger partial charge in [-0.2, -0.15) is 9.38 Å². The van der Waals surface area contributed by atoms with E-state index in [1.165, 1.54) is 16.9 Å². The number of imidazole rings is 1. The molecule has 1 aromatic carbocycles. The number of hydrogen-bond donors (Lipinski definition) is 0. The largest absolute Gasteiger partial charge is 0.373 e. The molecule has 4 rings (SSSR count). The highest BCUT2D eigenvalue weighted by Gasteiger charge is 2.29. The molecule has 1 saturated heterocycles. The van der Waals surface area contributed by atoms with Gasteiger partial charge in [0, 0.05) is 18.5 Å². The molecule has 0 aliphatic carbocycles. The van der Waals surface area contributed by atoms with Crippen molar-refractivity contribution in [1.82, 2.24) is 9.38 Å². The van der Waals surface area contributed by atoms with Gasteiger partial charge in [0.15, 0.2) is 0 Å². The van der Waals surface area contributed by atoms with Crippen LogP contribution in [0.25, 0.3) is 4.96 Å². The highest BCUT2D eigenvalue weighted by atomic mass is 32.1. The molecule has 6 nitrogen and oxygen atoms in total. The fourth-order valence-corrected chi connectivity index (χ4v) is 4.22. The molecule has 1 atom stereocenters. The van der Waals surface area contributed by atoms with Crippen LogP contribution in [0.5, 0.6) is 0 Å². The van der Waals surface area contributed by atoms with E-state index < -0.39 is 0 Å². The second kappa shape index (κ2) is 6.24. The van der Waals surface area contributed by atoms with Gasteiger partial charge in [0.1, 0.15) is 6.20 Å². The maximum absolute atomic E-state index is 11.5. The second-order valence-electron chi connectivity index (χ2n) is 6.10. The second-order valence-corrected chi connectivity index (χ2v) is 6.97. The van der Waals surface area contributed by atoms with Gasteiger partial charge in [0.05, 0.1) is 0 Å². The van der Waals surface area contributed by atoms with Gasteiger partial charge >= 0.3 is 5.82 Å². The minimum atomic E-state index is -0.318. The fourth-order valence-electron chi connectivity index (χ4n) is 3.51. The van der Waals surface area contributed by atoms with Crippen molar-refractivity contribution in [2.75, 3.05) is 18.0 Å². The third-order valence-corrected chi connectivity index (χ3v) is 5.45. The fraction of sp³-hybridized carbons (Fsp3) is 0.353. The summed E-state index contributed by atoms with van der Waals surface area (Å²) < 4.78 is 1.58. The number of nitrogens with zero attached hydrogens (tertiary/aromatic N) is 4. The van der Waals surface area contributed by atoms with E-state index in [1.807, 2.05) is 11.4 Å². The molecule has 7 heteroatoms. The third-order valence-electron chi connectivity index (χ3n) is 4.69. The molecule has 0 saturated carbocycles. The van der Waals surface area contributed by atoms with Gasteiger partial charge in [0.2, 0.25) is 5.82 Å². The highest BCUT2D eigenvalue weighted by Crippen LogP contribution is 2.35.